The smallest absolute Gasteiger partial charge is 0.295 e. The molecule has 1 saturated heterocycles. The van der Waals surface area contributed by atoms with Crippen molar-refractivity contribution in [2.75, 3.05) is 0 Å². The SMILES string of the molecule is Cc1nn(C)c(C)c1/C(O)=C1\C(=O)C(=O)N(C(C)C2CC3CCC2C3)C1c1cnn(C)c1C. The summed E-state index contributed by atoms with van der Waals surface area (Å²) in [6.45, 7) is 7.68. The van der Waals surface area contributed by atoms with Crippen LogP contribution >= 0.6 is 0 Å². The number of hydrogen-bond donors (Lipinski definition) is 1. The summed E-state index contributed by atoms with van der Waals surface area (Å²) in [7, 11) is 3.65. The van der Waals surface area contributed by atoms with Crippen LogP contribution < -0.4 is 0 Å². The molecule has 8 nitrogen and oxygen atoms in total. The number of aliphatic hydroxyl groups excluding tert-OH is 1. The van der Waals surface area contributed by atoms with E-state index in [1.54, 1.807) is 34.4 Å². The van der Waals surface area contributed by atoms with Gasteiger partial charge in [0.05, 0.1) is 29.1 Å². The Morgan fingerprint density at radius 3 is 2.33 bits per heavy atom. The molecule has 2 aromatic heterocycles. The molecule has 33 heavy (non-hydrogen) atoms. The fourth-order valence-electron chi connectivity index (χ4n) is 6.70. The highest BCUT2D eigenvalue weighted by Crippen LogP contribution is 2.52. The monoisotopic (exact) mass is 451 g/mol. The molecule has 2 bridgehead atoms. The summed E-state index contributed by atoms with van der Waals surface area (Å²) in [6.07, 6.45) is 6.53. The van der Waals surface area contributed by atoms with Gasteiger partial charge in [0, 0.05) is 37.1 Å². The predicted octanol–water partition coefficient (Wildman–Crippen LogP) is 3.33. The molecular formula is C25H33N5O3. The molecule has 1 N–H and O–H groups in total. The highest BCUT2D eigenvalue weighted by Gasteiger charge is 2.53. The van der Waals surface area contributed by atoms with E-state index in [1.165, 1.54) is 19.3 Å². The van der Waals surface area contributed by atoms with E-state index in [1.807, 2.05) is 20.9 Å². The maximum atomic E-state index is 13.5. The summed E-state index contributed by atoms with van der Waals surface area (Å²) in [4.78, 5) is 28.7. The van der Waals surface area contributed by atoms with Gasteiger partial charge in [0.25, 0.3) is 11.7 Å². The predicted molar refractivity (Wildman–Crippen MR) is 123 cm³/mol. The number of hydrogen-bond acceptors (Lipinski definition) is 5. The van der Waals surface area contributed by atoms with Crippen LogP contribution in [-0.4, -0.2) is 47.3 Å². The molecule has 5 unspecified atom stereocenters. The third kappa shape index (κ3) is 3.09. The number of carbonyl (C=O) groups excluding carboxylic acids is 2. The normalized spacial score (nSPS) is 29.5. The Hall–Kier alpha value is -2.90. The molecule has 0 aromatic carbocycles. The molecule has 1 aliphatic heterocycles. The number of rotatable bonds is 4. The molecule has 176 valence electrons. The fourth-order valence-corrected chi connectivity index (χ4v) is 6.70. The molecule has 1 amide bonds. The summed E-state index contributed by atoms with van der Waals surface area (Å²) >= 11 is 0. The third-order valence-electron chi connectivity index (χ3n) is 8.64. The molecule has 3 aliphatic rings. The summed E-state index contributed by atoms with van der Waals surface area (Å²) < 4.78 is 3.43. The maximum Gasteiger partial charge on any atom is 0.295 e. The van der Waals surface area contributed by atoms with Crippen LogP contribution in [0.3, 0.4) is 0 Å². The molecule has 2 saturated carbocycles. The molecular weight excluding hydrogens is 418 g/mol. The van der Waals surface area contributed by atoms with Gasteiger partial charge in [-0.3, -0.25) is 19.0 Å². The van der Waals surface area contributed by atoms with Crippen molar-refractivity contribution in [3.05, 3.63) is 40.0 Å². The third-order valence-corrected chi connectivity index (χ3v) is 8.64. The Morgan fingerprint density at radius 1 is 1.09 bits per heavy atom. The van der Waals surface area contributed by atoms with Crippen molar-refractivity contribution < 1.29 is 14.7 Å². The number of carbonyl (C=O) groups is 2. The van der Waals surface area contributed by atoms with Crippen molar-refractivity contribution in [2.45, 2.75) is 65.5 Å². The molecule has 0 radical (unpaired) electrons. The van der Waals surface area contributed by atoms with E-state index in [9.17, 15) is 14.7 Å². The molecule has 5 atom stereocenters. The van der Waals surface area contributed by atoms with Crippen LogP contribution in [0.1, 0.15) is 66.9 Å². The first-order chi connectivity index (χ1) is 15.6. The van der Waals surface area contributed by atoms with Crippen molar-refractivity contribution in [1.29, 1.82) is 0 Å². The molecule has 8 heteroatoms. The van der Waals surface area contributed by atoms with Crippen molar-refractivity contribution in [3.63, 3.8) is 0 Å². The molecule has 0 spiro atoms. The Labute approximate surface area is 194 Å². The van der Waals surface area contributed by atoms with Crippen LogP contribution in [0.15, 0.2) is 11.8 Å². The summed E-state index contributed by atoms with van der Waals surface area (Å²) in [6, 6.07) is -0.755. The van der Waals surface area contributed by atoms with Gasteiger partial charge in [-0.15, -0.1) is 0 Å². The van der Waals surface area contributed by atoms with Crippen LogP contribution in [-0.2, 0) is 23.7 Å². The number of Topliss-reactive ketones (excluding diaryl/α,β-unsaturated/α-hetero) is 1. The van der Waals surface area contributed by atoms with Gasteiger partial charge in [-0.2, -0.15) is 10.2 Å². The van der Waals surface area contributed by atoms with Crippen molar-refractivity contribution >= 4 is 17.4 Å². The zero-order valence-corrected chi connectivity index (χ0v) is 20.3. The van der Waals surface area contributed by atoms with E-state index < -0.39 is 17.7 Å². The van der Waals surface area contributed by atoms with Crippen LogP contribution in [0.25, 0.3) is 5.76 Å². The van der Waals surface area contributed by atoms with E-state index in [0.717, 1.165) is 29.3 Å². The largest absolute Gasteiger partial charge is 0.507 e. The molecule has 3 fully saturated rings. The molecule has 3 heterocycles. The lowest BCUT2D eigenvalue weighted by Gasteiger charge is -2.37. The van der Waals surface area contributed by atoms with Gasteiger partial charge in [0.2, 0.25) is 0 Å². The highest BCUT2D eigenvalue weighted by molar-refractivity contribution is 6.46. The lowest BCUT2D eigenvalue weighted by Crippen LogP contribution is -2.43. The lowest BCUT2D eigenvalue weighted by molar-refractivity contribution is -0.142. The summed E-state index contributed by atoms with van der Waals surface area (Å²) in [5.74, 6) is 0.417. The van der Waals surface area contributed by atoms with Gasteiger partial charge in [-0.1, -0.05) is 6.42 Å². The van der Waals surface area contributed by atoms with Crippen LogP contribution in [0.4, 0.5) is 0 Å². The van der Waals surface area contributed by atoms with E-state index in [-0.39, 0.29) is 17.4 Å². The van der Waals surface area contributed by atoms with Gasteiger partial charge in [-0.05, 0) is 64.7 Å². The van der Waals surface area contributed by atoms with Gasteiger partial charge in [-0.25, -0.2) is 0 Å². The first-order valence-electron chi connectivity index (χ1n) is 11.9. The number of ketones is 1. The minimum Gasteiger partial charge on any atom is -0.507 e. The second-order valence-corrected chi connectivity index (χ2v) is 10.3. The summed E-state index contributed by atoms with van der Waals surface area (Å²) in [5.41, 5.74) is 3.70. The van der Waals surface area contributed by atoms with Gasteiger partial charge < -0.3 is 10.0 Å². The number of likely N-dealkylation sites (tertiary alicyclic amines) is 1. The first kappa shape index (κ1) is 21.9. The average molecular weight is 452 g/mol. The number of aromatic nitrogens is 4. The topological polar surface area (TPSA) is 93.2 Å². The van der Waals surface area contributed by atoms with E-state index in [0.29, 0.717) is 23.1 Å². The highest BCUT2D eigenvalue weighted by atomic mass is 16.3. The zero-order valence-electron chi connectivity index (χ0n) is 20.3. The number of fused-ring (bicyclic) bond motifs is 2. The van der Waals surface area contributed by atoms with E-state index >= 15 is 0 Å². The minimum atomic E-state index is -0.660. The molecule has 5 rings (SSSR count). The number of nitrogens with zero attached hydrogens (tertiary/aromatic N) is 5. The van der Waals surface area contributed by atoms with Crippen LogP contribution in [0.5, 0.6) is 0 Å². The van der Waals surface area contributed by atoms with E-state index in [2.05, 4.69) is 17.1 Å². The second-order valence-electron chi connectivity index (χ2n) is 10.3. The molecule has 2 aliphatic carbocycles. The zero-order chi connectivity index (χ0) is 23.8. The Balaban J connectivity index is 1.68. The van der Waals surface area contributed by atoms with Crippen molar-refractivity contribution in [1.82, 2.24) is 24.5 Å². The average Bonchev–Trinajstić information content (AvgIpc) is 3.56. The van der Waals surface area contributed by atoms with Crippen LogP contribution in [0, 0.1) is 38.5 Å². The van der Waals surface area contributed by atoms with Gasteiger partial charge >= 0.3 is 0 Å². The quantitative estimate of drug-likeness (QED) is 0.437. The fraction of sp³-hybridized carbons (Fsp3) is 0.600. The van der Waals surface area contributed by atoms with E-state index in [4.69, 9.17) is 0 Å². The van der Waals surface area contributed by atoms with Gasteiger partial charge in [0.1, 0.15) is 5.76 Å². The maximum absolute atomic E-state index is 13.5. The van der Waals surface area contributed by atoms with Crippen molar-refractivity contribution in [3.8, 4) is 0 Å². The lowest BCUT2D eigenvalue weighted by atomic mass is 9.82. The standard InChI is InChI=1S/C25H33N5O3/c1-12-20(15(4)29(6)27-12)23(31)21-22(19-11-26-28(5)13(19)2)30(25(33)24(21)32)14(3)18-10-16-7-8-17(18)9-16/h11,14,16-18,22,31H,7-10H2,1-6H3/b23-21+. The van der Waals surface area contributed by atoms with Crippen molar-refractivity contribution in [2.24, 2.45) is 31.8 Å². The Kier molecular flexibility index (Phi) is 5.03. The minimum absolute atomic E-state index is 0.0947. The summed E-state index contributed by atoms with van der Waals surface area (Å²) in [5, 5.41) is 20.3. The number of amides is 1. The number of aryl methyl sites for hydroxylation is 3. The van der Waals surface area contributed by atoms with Crippen LogP contribution in [0.2, 0.25) is 0 Å². The Morgan fingerprint density at radius 2 is 1.82 bits per heavy atom. The number of aliphatic hydroxyl groups is 1. The molecule has 2 aromatic rings. The second kappa shape index (κ2) is 7.57. The first-order valence-corrected chi connectivity index (χ1v) is 11.9. The Bertz CT molecular complexity index is 1190. The van der Waals surface area contributed by atoms with Gasteiger partial charge in [0.15, 0.2) is 0 Å².